The highest BCUT2D eigenvalue weighted by Crippen LogP contribution is 2.42. The molecule has 0 aliphatic rings. The van der Waals surface area contributed by atoms with E-state index in [2.05, 4.69) is 10.4 Å². The van der Waals surface area contributed by atoms with Crippen LogP contribution in [0.15, 0.2) is 0 Å². The number of hydrogen-bond acceptors (Lipinski definition) is 4. The van der Waals surface area contributed by atoms with Crippen LogP contribution in [0.1, 0.15) is 13.8 Å². The summed E-state index contributed by atoms with van der Waals surface area (Å²) in [4.78, 5) is 10.9. The third kappa shape index (κ3) is 5.34. The summed E-state index contributed by atoms with van der Waals surface area (Å²) in [5.41, 5.74) is 0. The zero-order valence-electron chi connectivity index (χ0n) is 8.70. The van der Waals surface area contributed by atoms with Crippen molar-refractivity contribution in [2.24, 2.45) is 0 Å². The van der Waals surface area contributed by atoms with Crippen LogP contribution in [-0.4, -0.2) is 32.7 Å². The van der Waals surface area contributed by atoms with Gasteiger partial charge in [0.05, 0.1) is 19.8 Å². The van der Waals surface area contributed by atoms with Crippen molar-refractivity contribution in [3.05, 3.63) is 0 Å². The van der Waals surface area contributed by atoms with Gasteiger partial charge in [-0.25, -0.2) is 9.65 Å². The Morgan fingerprint density at radius 3 is 2.14 bits per heavy atom. The van der Waals surface area contributed by atoms with Crippen LogP contribution in [0.3, 0.4) is 0 Å². The molecule has 0 saturated heterocycles. The number of likely N-dealkylation sites (N-methyl/N-ethyl adjacent to an activating group) is 1. The van der Waals surface area contributed by atoms with E-state index >= 15 is 0 Å². The minimum atomic E-state index is -3.30. The van der Waals surface area contributed by atoms with E-state index in [-0.39, 0.29) is 25.7 Å². The molecule has 0 aromatic carbocycles. The maximum absolute atomic E-state index is 11.7. The van der Waals surface area contributed by atoms with Crippen LogP contribution in [0.4, 0.5) is 0 Å². The van der Waals surface area contributed by atoms with Gasteiger partial charge in [-0.3, -0.25) is 13.8 Å². The van der Waals surface area contributed by atoms with Gasteiger partial charge in [-0.1, -0.05) is 0 Å². The Morgan fingerprint density at radius 1 is 1.29 bits per heavy atom. The first-order valence-corrected chi connectivity index (χ1v) is 5.97. The van der Waals surface area contributed by atoms with E-state index in [1.54, 1.807) is 13.8 Å². The molecule has 0 aromatic heterocycles. The Balaban J connectivity index is 4.08. The van der Waals surface area contributed by atoms with Crippen LogP contribution in [0.25, 0.3) is 0 Å². The number of carbonyl (C=O) groups is 1. The summed E-state index contributed by atoms with van der Waals surface area (Å²) in [7, 11) is -1.80. The minimum absolute atomic E-state index is 0.0895. The Kier molecular flexibility index (Phi) is 6.74. The molecule has 0 saturated carbocycles. The number of carbonyl (C=O) groups excluding carboxylic acids is 1. The highest BCUT2D eigenvalue weighted by Gasteiger charge is 2.23. The topological polar surface area (TPSA) is 76.7 Å². The maximum Gasteiger partial charge on any atom is 0.405 e. The number of rotatable bonds is 7. The number of hydrogen-bond donors (Lipinski definition) is 2. The van der Waals surface area contributed by atoms with Gasteiger partial charge in [0.25, 0.3) is 0 Å². The summed E-state index contributed by atoms with van der Waals surface area (Å²) in [5.74, 6) is -0.273. The van der Waals surface area contributed by atoms with Crippen molar-refractivity contribution in [3.8, 4) is 0 Å². The Labute approximate surface area is 83.9 Å². The molecule has 0 fully saturated rings. The molecule has 0 spiro atoms. The highest BCUT2D eigenvalue weighted by atomic mass is 31.2. The molecule has 14 heavy (non-hydrogen) atoms. The fourth-order valence-corrected chi connectivity index (χ4v) is 2.00. The monoisotopic (exact) mass is 224 g/mol. The summed E-state index contributed by atoms with van der Waals surface area (Å²) in [6.45, 7) is 3.84. The first kappa shape index (κ1) is 13.6. The van der Waals surface area contributed by atoms with Gasteiger partial charge in [0, 0.05) is 7.05 Å². The molecule has 0 bridgehead atoms. The van der Waals surface area contributed by atoms with Crippen LogP contribution in [0.2, 0.25) is 0 Å². The SMILES string of the molecule is CCOP(=O)(NCC(=O)NC)OCC. The van der Waals surface area contributed by atoms with E-state index in [0.717, 1.165) is 0 Å². The molecular weight excluding hydrogens is 207 g/mol. The van der Waals surface area contributed by atoms with Gasteiger partial charge in [0.1, 0.15) is 0 Å². The van der Waals surface area contributed by atoms with Crippen molar-refractivity contribution in [1.29, 1.82) is 0 Å². The maximum atomic E-state index is 11.7. The van der Waals surface area contributed by atoms with Crippen LogP contribution in [-0.2, 0) is 18.4 Å². The summed E-state index contributed by atoms with van der Waals surface area (Å²) in [6, 6.07) is 0. The minimum Gasteiger partial charge on any atom is -0.358 e. The molecule has 0 aromatic rings. The van der Waals surface area contributed by atoms with Crippen molar-refractivity contribution in [2.75, 3.05) is 26.8 Å². The van der Waals surface area contributed by atoms with Crippen molar-refractivity contribution < 1.29 is 18.4 Å². The van der Waals surface area contributed by atoms with Crippen LogP contribution in [0, 0.1) is 0 Å². The first-order valence-electron chi connectivity index (χ1n) is 4.42. The molecule has 0 heterocycles. The van der Waals surface area contributed by atoms with Gasteiger partial charge >= 0.3 is 7.75 Å². The predicted octanol–water partition coefficient (Wildman–Crippen LogP) is 0.503. The lowest BCUT2D eigenvalue weighted by Crippen LogP contribution is -2.30. The Morgan fingerprint density at radius 2 is 1.79 bits per heavy atom. The van der Waals surface area contributed by atoms with Crippen LogP contribution < -0.4 is 10.4 Å². The highest BCUT2D eigenvalue weighted by molar-refractivity contribution is 7.51. The molecule has 0 aliphatic carbocycles. The predicted molar refractivity (Wildman–Crippen MR) is 52.9 cm³/mol. The molecule has 7 heteroatoms. The van der Waals surface area contributed by atoms with Gasteiger partial charge in [0.2, 0.25) is 5.91 Å². The van der Waals surface area contributed by atoms with E-state index in [4.69, 9.17) is 9.05 Å². The summed E-state index contributed by atoms with van der Waals surface area (Å²) < 4.78 is 21.5. The average molecular weight is 224 g/mol. The van der Waals surface area contributed by atoms with Gasteiger partial charge < -0.3 is 5.32 Å². The van der Waals surface area contributed by atoms with Crippen molar-refractivity contribution in [2.45, 2.75) is 13.8 Å². The quantitative estimate of drug-likeness (QED) is 0.616. The molecular formula is C7H17N2O4P. The number of amides is 1. The zero-order chi connectivity index (χ0) is 11.0. The van der Waals surface area contributed by atoms with Crippen molar-refractivity contribution >= 4 is 13.7 Å². The smallest absolute Gasteiger partial charge is 0.358 e. The molecule has 84 valence electrons. The Hall–Kier alpha value is -0.420. The van der Waals surface area contributed by atoms with Gasteiger partial charge in [-0.15, -0.1) is 0 Å². The average Bonchev–Trinajstić information content (AvgIpc) is 2.15. The van der Waals surface area contributed by atoms with E-state index in [1.165, 1.54) is 7.05 Å². The summed E-state index contributed by atoms with van der Waals surface area (Å²) in [5, 5.41) is 4.84. The zero-order valence-corrected chi connectivity index (χ0v) is 9.60. The normalized spacial score (nSPS) is 11.4. The molecule has 0 aliphatic heterocycles. The summed E-state index contributed by atoms with van der Waals surface area (Å²) in [6.07, 6.45) is 0. The number of nitrogens with one attached hydrogen (secondary N) is 2. The molecule has 0 unspecified atom stereocenters. The van der Waals surface area contributed by atoms with Gasteiger partial charge in [0.15, 0.2) is 0 Å². The van der Waals surface area contributed by atoms with Crippen LogP contribution >= 0.6 is 7.75 Å². The van der Waals surface area contributed by atoms with E-state index < -0.39 is 7.75 Å². The summed E-state index contributed by atoms with van der Waals surface area (Å²) >= 11 is 0. The van der Waals surface area contributed by atoms with Crippen molar-refractivity contribution in [3.63, 3.8) is 0 Å². The third-order valence-electron chi connectivity index (χ3n) is 1.31. The molecule has 0 rings (SSSR count). The van der Waals surface area contributed by atoms with E-state index in [0.29, 0.717) is 0 Å². The molecule has 0 radical (unpaired) electrons. The van der Waals surface area contributed by atoms with E-state index in [9.17, 15) is 9.36 Å². The second kappa shape index (κ2) is 6.95. The van der Waals surface area contributed by atoms with E-state index in [1.807, 2.05) is 0 Å². The lowest BCUT2D eigenvalue weighted by atomic mass is 10.6. The molecule has 2 N–H and O–H groups in total. The van der Waals surface area contributed by atoms with Gasteiger partial charge in [-0.05, 0) is 13.8 Å². The second-order valence-corrected chi connectivity index (χ2v) is 4.17. The Bertz CT molecular complexity index is 212. The van der Waals surface area contributed by atoms with Crippen molar-refractivity contribution in [1.82, 2.24) is 10.4 Å². The lowest BCUT2D eigenvalue weighted by Gasteiger charge is -2.16. The molecule has 6 nitrogen and oxygen atoms in total. The largest absolute Gasteiger partial charge is 0.405 e. The third-order valence-corrected chi connectivity index (χ3v) is 3.05. The first-order chi connectivity index (χ1) is 6.58. The lowest BCUT2D eigenvalue weighted by molar-refractivity contribution is -0.119. The van der Waals surface area contributed by atoms with Gasteiger partial charge in [-0.2, -0.15) is 0 Å². The fraction of sp³-hybridized carbons (Fsp3) is 0.857. The standard InChI is InChI=1S/C7H17N2O4P/c1-4-12-14(11,13-5-2)9-6-7(10)8-3/h4-6H2,1-3H3,(H,8,10)(H,9,11). The second-order valence-electron chi connectivity index (χ2n) is 2.34. The fourth-order valence-electron chi connectivity index (χ4n) is 0.725. The van der Waals surface area contributed by atoms with Crippen LogP contribution in [0.5, 0.6) is 0 Å². The molecule has 1 amide bonds. The molecule has 0 atom stereocenters.